The van der Waals surface area contributed by atoms with E-state index >= 15 is 0 Å². The smallest absolute Gasteiger partial charge is 0.290 e. The average Bonchev–Trinajstić information content (AvgIpc) is 2.78. The van der Waals surface area contributed by atoms with E-state index in [9.17, 15) is 14.4 Å². The first-order chi connectivity index (χ1) is 12.2. The maximum absolute atomic E-state index is 12.5. The highest BCUT2D eigenvalue weighted by atomic mass is 35.5. The van der Waals surface area contributed by atoms with Crippen molar-refractivity contribution < 1.29 is 14.4 Å². The van der Waals surface area contributed by atoms with Crippen molar-refractivity contribution in [3.05, 3.63) is 33.8 Å². The van der Waals surface area contributed by atoms with Crippen molar-refractivity contribution in [1.82, 2.24) is 10.2 Å². The quantitative estimate of drug-likeness (QED) is 0.435. The number of ketones is 1. The molecule has 1 aromatic carbocycles. The van der Waals surface area contributed by atoms with Crippen LogP contribution in [0.3, 0.4) is 0 Å². The lowest BCUT2D eigenvalue weighted by atomic mass is 9.91. The Hall–Kier alpha value is -1.59. The SMILES string of the molecule is CC(C)CC1C(C(=O)NCCCc2ccc(Cl)c(Cl)c2)C(=O)C(=O)N1C. The molecule has 1 aliphatic heterocycles. The molecule has 0 saturated carbocycles. The molecule has 1 saturated heterocycles. The molecule has 1 fully saturated rings. The molecule has 26 heavy (non-hydrogen) atoms. The zero-order valence-corrected chi connectivity index (χ0v) is 16.7. The van der Waals surface area contributed by atoms with Gasteiger partial charge in [0, 0.05) is 13.6 Å². The first-order valence-electron chi connectivity index (χ1n) is 8.75. The van der Waals surface area contributed by atoms with Crippen LogP contribution >= 0.6 is 23.2 Å². The van der Waals surface area contributed by atoms with E-state index in [1.54, 1.807) is 19.2 Å². The number of hydrogen-bond acceptors (Lipinski definition) is 3. The van der Waals surface area contributed by atoms with Crippen LogP contribution in [-0.4, -0.2) is 42.1 Å². The highest BCUT2D eigenvalue weighted by Gasteiger charge is 2.49. The first-order valence-corrected chi connectivity index (χ1v) is 9.50. The van der Waals surface area contributed by atoms with E-state index in [1.165, 1.54) is 4.90 Å². The maximum Gasteiger partial charge on any atom is 0.290 e. The molecule has 7 heteroatoms. The van der Waals surface area contributed by atoms with E-state index in [2.05, 4.69) is 5.32 Å². The van der Waals surface area contributed by atoms with Gasteiger partial charge in [-0.05, 0) is 42.9 Å². The topological polar surface area (TPSA) is 66.5 Å². The molecular weight excluding hydrogens is 375 g/mol. The number of likely N-dealkylation sites (N-methyl/N-ethyl adjacent to an activating group) is 1. The summed E-state index contributed by atoms with van der Waals surface area (Å²) in [6, 6.07) is 5.07. The normalized spacial score (nSPS) is 20.2. The Bertz CT molecular complexity index is 706. The largest absolute Gasteiger partial charge is 0.355 e. The summed E-state index contributed by atoms with van der Waals surface area (Å²) in [4.78, 5) is 38.1. The van der Waals surface area contributed by atoms with Crippen molar-refractivity contribution in [3.8, 4) is 0 Å². The molecular formula is C19H24Cl2N2O3. The number of Topliss-reactive ketones (excluding diaryl/α,β-unsaturated/α-hetero) is 1. The molecule has 2 atom stereocenters. The van der Waals surface area contributed by atoms with Crippen molar-refractivity contribution in [2.75, 3.05) is 13.6 Å². The molecule has 142 valence electrons. The van der Waals surface area contributed by atoms with Crippen LogP contribution in [0, 0.1) is 11.8 Å². The molecule has 1 aromatic rings. The van der Waals surface area contributed by atoms with Crippen LogP contribution in [0.4, 0.5) is 0 Å². The molecule has 0 aromatic heterocycles. The van der Waals surface area contributed by atoms with E-state index in [0.717, 1.165) is 12.0 Å². The Morgan fingerprint density at radius 2 is 1.92 bits per heavy atom. The third-order valence-corrected chi connectivity index (χ3v) is 5.36. The molecule has 2 rings (SSSR count). The van der Waals surface area contributed by atoms with Crippen molar-refractivity contribution in [2.24, 2.45) is 11.8 Å². The van der Waals surface area contributed by atoms with Gasteiger partial charge in [-0.2, -0.15) is 0 Å². The highest BCUT2D eigenvalue weighted by molar-refractivity contribution is 6.43. The molecule has 0 aliphatic carbocycles. The fourth-order valence-corrected chi connectivity index (χ4v) is 3.56. The Kier molecular flexibility index (Phi) is 7.07. The van der Waals surface area contributed by atoms with Crippen molar-refractivity contribution >= 4 is 40.8 Å². The van der Waals surface area contributed by atoms with Gasteiger partial charge in [-0.25, -0.2) is 0 Å². The van der Waals surface area contributed by atoms with E-state index in [0.29, 0.717) is 29.4 Å². The van der Waals surface area contributed by atoms with Crippen LogP contribution in [0.5, 0.6) is 0 Å². The first kappa shape index (κ1) is 20.7. The number of benzene rings is 1. The van der Waals surface area contributed by atoms with Gasteiger partial charge in [-0.15, -0.1) is 0 Å². The van der Waals surface area contributed by atoms with Gasteiger partial charge in [-0.3, -0.25) is 14.4 Å². The summed E-state index contributed by atoms with van der Waals surface area (Å²) < 4.78 is 0. The van der Waals surface area contributed by atoms with Gasteiger partial charge in [0.1, 0.15) is 5.92 Å². The molecule has 0 radical (unpaired) electrons. The predicted octanol–water partition coefficient (Wildman–Crippen LogP) is 3.11. The second-order valence-corrected chi connectivity index (χ2v) is 7.91. The summed E-state index contributed by atoms with van der Waals surface area (Å²) in [6.45, 7) is 4.44. The lowest BCUT2D eigenvalue weighted by Crippen LogP contribution is -2.41. The number of carbonyl (C=O) groups is 3. The van der Waals surface area contributed by atoms with Gasteiger partial charge in [-0.1, -0.05) is 43.1 Å². The Balaban J connectivity index is 1.90. The third kappa shape index (κ3) is 4.77. The zero-order valence-electron chi connectivity index (χ0n) is 15.2. The molecule has 1 heterocycles. The van der Waals surface area contributed by atoms with Gasteiger partial charge in [0.2, 0.25) is 11.7 Å². The summed E-state index contributed by atoms with van der Waals surface area (Å²) in [6.07, 6.45) is 2.04. The zero-order chi connectivity index (χ0) is 19.4. The fourth-order valence-electron chi connectivity index (χ4n) is 3.24. The summed E-state index contributed by atoms with van der Waals surface area (Å²) in [5.41, 5.74) is 1.03. The maximum atomic E-state index is 12.5. The predicted molar refractivity (Wildman–Crippen MR) is 102 cm³/mol. The highest BCUT2D eigenvalue weighted by Crippen LogP contribution is 2.27. The molecule has 2 amide bonds. The molecule has 2 unspecified atom stereocenters. The van der Waals surface area contributed by atoms with E-state index in [1.807, 2.05) is 19.9 Å². The number of carbonyl (C=O) groups excluding carboxylic acids is 3. The third-order valence-electron chi connectivity index (χ3n) is 4.62. The number of likely N-dealkylation sites (tertiary alicyclic amines) is 1. The number of nitrogens with zero attached hydrogens (tertiary/aromatic N) is 1. The fraction of sp³-hybridized carbons (Fsp3) is 0.526. The van der Waals surface area contributed by atoms with Crippen molar-refractivity contribution in [1.29, 1.82) is 0 Å². The number of aryl methyl sites for hydroxylation is 1. The summed E-state index contributed by atoms with van der Waals surface area (Å²) in [5.74, 6) is -2.19. The number of amides is 2. The van der Waals surface area contributed by atoms with Crippen LogP contribution in [0.1, 0.15) is 32.3 Å². The van der Waals surface area contributed by atoms with Gasteiger partial charge < -0.3 is 10.2 Å². The van der Waals surface area contributed by atoms with E-state index < -0.39 is 17.6 Å². The van der Waals surface area contributed by atoms with Crippen LogP contribution in [-0.2, 0) is 20.8 Å². The Labute approximate surface area is 164 Å². The summed E-state index contributed by atoms with van der Waals surface area (Å²) in [7, 11) is 1.59. The second kappa shape index (κ2) is 8.87. The van der Waals surface area contributed by atoms with E-state index in [-0.39, 0.29) is 17.9 Å². The van der Waals surface area contributed by atoms with Crippen LogP contribution in [0.2, 0.25) is 10.0 Å². The lowest BCUT2D eigenvalue weighted by molar-refractivity contribution is -0.142. The summed E-state index contributed by atoms with van der Waals surface area (Å²) in [5, 5.41) is 3.81. The number of nitrogens with one attached hydrogen (secondary N) is 1. The van der Waals surface area contributed by atoms with Gasteiger partial charge >= 0.3 is 0 Å². The summed E-state index contributed by atoms with van der Waals surface area (Å²) >= 11 is 11.9. The minimum atomic E-state index is -0.917. The minimum Gasteiger partial charge on any atom is -0.355 e. The number of halogens is 2. The van der Waals surface area contributed by atoms with Crippen LogP contribution < -0.4 is 5.32 Å². The van der Waals surface area contributed by atoms with Gasteiger partial charge in [0.25, 0.3) is 5.91 Å². The average molecular weight is 399 g/mol. The Morgan fingerprint density at radius 3 is 2.54 bits per heavy atom. The molecule has 0 spiro atoms. The second-order valence-electron chi connectivity index (χ2n) is 7.10. The van der Waals surface area contributed by atoms with Gasteiger partial charge in [0.05, 0.1) is 16.1 Å². The molecule has 5 nitrogen and oxygen atoms in total. The number of hydrogen-bond donors (Lipinski definition) is 1. The minimum absolute atomic E-state index is 0.283. The molecule has 1 aliphatic rings. The monoisotopic (exact) mass is 398 g/mol. The molecule has 1 N–H and O–H groups in total. The number of rotatable bonds is 7. The van der Waals surface area contributed by atoms with Gasteiger partial charge in [0.15, 0.2) is 0 Å². The van der Waals surface area contributed by atoms with Crippen LogP contribution in [0.15, 0.2) is 18.2 Å². The van der Waals surface area contributed by atoms with Crippen molar-refractivity contribution in [2.45, 2.75) is 39.2 Å². The van der Waals surface area contributed by atoms with Crippen LogP contribution in [0.25, 0.3) is 0 Å². The standard InChI is InChI=1S/C19H24Cl2N2O3/c1-11(2)9-15-16(17(24)19(26)23(15)3)18(25)22-8-4-5-12-6-7-13(20)14(21)10-12/h6-7,10-11,15-16H,4-5,8-9H2,1-3H3,(H,22,25). The van der Waals surface area contributed by atoms with E-state index in [4.69, 9.17) is 23.2 Å². The Morgan fingerprint density at radius 1 is 1.23 bits per heavy atom. The molecule has 0 bridgehead atoms. The lowest BCUT2D eigenvalue weighted by Gasteiger charge is -2.24. The van der Waals surface area contributed by atoms with Crippen molar-refractivity contribution in [3.63, 3.8) is 0 Å².